The number of ether oxygens (including phenoxy) is 1. The van der Waals surface area contributed by atoms with Gasteiger partial charge in [-0.25, -0.2) is 4.79 Å². The monoisotopic (exact) mass is 239 g/mol. The minimum atomic E-state index is -0.369. The molecule has 1 rings (SSSR count). The van der Waals surface area contributed by atoms with E-state index < -0.39 is 0 Å². The van der Waals surface area contributed by atoms with Crippen molar-refractivity contribution < 1.29 is 9.53 Å². The first-order chi connectivity index (χ1) is 7.65. The Kier molecular flexibility index (Phi) is 5.22. The van der Waals surface area contributed by atoms with Crippen molar-refractivity contribution in [3.05, 3.63) is 34.0 Å². The average Bonchev–Trinajstić information content (AvgIpc) is 2.76. The Morgan fingerprint density at radius 1 is 1.62 bits per heavy atom. The van der Waals surface area contributed by atoms with Crippen LogP contribution < -0.4 is 5.32 Å². The number of hydrogen-bond donors (Lipinski definition) is 1. The lowest BCUT2D eigenvalue weighted by atomic mass is 10.1. The molecule has 1 N–H and O–H groups in total. The van der Waals surface area contributed by atoms with Gasteiger partial charge in [0.2, 0.25) is 0 Å². The molecular weight excluding hydrogens is 222 g/mol. The third-order valence-electron chi connectivity index (χ3n) is 2.15. The van der Waals surface area contributed by atoms with E-state index in [0.29, 0.717) is 6.54 Å². The molecular formula is C12H17NO2S. The number of nitrogens with one attached hydrogen (secondary N) is 1. The van der Waals surface area contributed by atoms with E-state index in [-0.39, 0.29) is 12.0 Å². The predicted molar refractivity (Wildman–Crippen MR) is 66.5 cm³/mol. The smallest absolute Gasteiger partial charge is 0.327 e. The van der Waals surface area contributed by atoms with Gasteiger partial charge in [-0.05, 0) is 36.2 Å². The normalized spacial score (nSPS) is 11.9. The molecule has 0 aromatic carbocycles. The second-order valence-corrected chi connectivity index (χ2v) is 4.48. The molecule has 0 bridgehead atoms. The standard InChI is InChI=1S/C12H17NO2S/c1-9(2)4-6-13-11(12(14)15-3)10-5-7-16-8-10/h4-5,7-8,11,13H,6H2,1-3H3. The molecule has 0 aliphatic heterocycles. The highest BCUT2D eigenvalue weighted by Crippen LogP contribution is 2.17. The number of hydrogen-bond acceptors (Lipinski definition) is 4. The number of allylic oxidation sites excluding steroid dienone is 1. The van der Waals surface area contributed by atoms with E-state index in [9.17, 15) is 4.79 Å². The van der Waals surface area contributed by atoms with Crippen LogP contribution in [-0.4, -0.2) is 19.6 Å². The van der Waals surface area contributed by atoms with E-state index in [1.807, 2.05) is 36.7 Å². The Bertz CT molecular complexity index is 353. The van der Waals surface area contributed by atoms with Gasteiger partial charge in [0.1, 0.15) is 6.04 Å². The minimum absolute atomic E-state index is 0.249. The Hall–Kier alpha value is -1.13. The van der Waals surface area contributed by atoms with Gasteiger partial charge in [-0.15, -0.1) is 0 Å². The molecule has 16 heavy (non-hydrogen) atoms. The summed E-state index contributed by atoms with van der Waals surface area (Å²) < 4.78 is 4.78. The van der Waals surface area contributed by atoms with Crippen LogP contribution in [0.5, 0.6) is 0 Å². The SMILES string of the molecule is COC(=O)C(NCC=C(C)C)c1ccsc1. The minimum Gasteiger partial charge on any atom is -0.468 e. The highest BCUT2D eigenvalue weighted by atomic mass is 32.1. The molecule has 0 saturated heterocycles. The molecule has 88 valence electrons. The van der Waals surface area contributed by atoms with Crippen LogP contribution in [0.3, 0.4) is 0 Å². The third-order valence-corrected chi connectivity index (χ3v) is 2.85. The van der Waals surface area contributed by atoms with E-state index in [1.54, 1.807) is 11.3 Å². The summed E-state index contributed by atoms with van der Waals surface area (Å²) in [4.78, 5) is 11.6. The summed E-state index contributed by atoms with van der Waals surface area (Å²) in [6.07, 6.45) is 2.04. The maximum Gasteiger partial charge on any atom is 0.327 e. The van der Waals surface area contributed by atoms with Crippen molar-refractivity contribution in [2.75, 3.05) is 13.7 Å². The van der Waals surface area contributed by atoms with Crippen molar-refractivity contribution in [1.29, 1.82) is 0 Å². The fourth-order valence-corrected chi connectivity index (χ4v) is 1.96. The maximum absolute atomic E-state index is 11.6. The summed E-state index contributed by atoms with van der Waals surface area (Å²) in [5.41, 5.74) is 2.18. The largest absolute Gasteiger partial charge is 0.468 e. The Morgan fingerprint density at radius 2 is 2.38 bits per heavy atom. The third kappa shape index (κ3) is 3.79. The van der Waals surface area contributed by atoms with E-state index >= 15 is 0 Å². The number of thiophene rings is 1. The van der Waals surface area contributed by atoms with Crippen LogP contribution in [0.25, 0.3) is 0 Å². The number of carbonyl (C=O) groups excluding carboxylic acids is 1. The van der Waals surface area contributed by atoms with Gasteiger partial charge in [-0.3, -0.25) is 5.32 Å². The molecule has 0 amide bonds. The molecule has 0 saturated carbocycles. The zero-order valence-electron chi connectivity index (χ0n) is 9.82. The summed E-state index contributed by atoms with van der Waals surface area (Å²) in [7, 11) is 1.41. The van der Waals surface area contributed by atoms with Crippen molar-refractivity contribution in [2.45, 2.75) is 19.9 Å². The van der Waals surface area contributed by atoms with Gasteiger partial charge in [-0.1, -0.05) is 11.6 Å². The number of rotatable bonds is 5. The topological polar surface area (TPSA) is 38.3 Å². The molecule has 0 radical (unpaired) electrons. The Morgan fingerprint density at radius 3 is 2.88 bits per heavy atom. The fraction of sp³-hybridized carbons (Fsp3) is 0.417. The molecule has 1 aromatic heterocycles. The van der Waals surface area contributed by atoms with Crippen molar-refractivity contribution in [3.8, 4) is 0 Å². The summed E-state index contributed by atoms with van der Waals surface area (Å²) in [5.74, 6) is -0.249. The average molecular weight is 239 g/mol. The molecule has 0 aliphatic carbocycles. The lowest BCUT2D eigenvalue weighted by Gasteiger charge is -2.14. The zero-order chi connectivity index (χ0) is 12.0. The van der Waals surface area contributed by atoms with Crippen LogP contribution in [-0.2, 0) is 9.53 Å². The van der Waals surface area contributed by atoms with Gasteiger partial charge in [0.05, 0.1) is 7.11 Å². The second-order valence-electron chi connectivity index (χ2n) is 3.70. The van der Waals surface area contributed by atoms with Crippen molar-refractivity contribution in [2.24, 2.45) is 0 Å². The highest BCUT2D eigenvalue weighted by molar-refractivity contribution is 7.08. The molecule has 3 nitrogen and oxygen atoms in total. The van der Waals surface area contributed by atoms with Gasteiger partial charge < -0.3 is 4.74 Å². The highest BCUT2D eigenvalue weighted by Gasteiger charge is 2.20. The van der Waals surface area contributed by atoms with E-state index in [4.69, 9.17) is 4.74 Å². The summed E-state index contributed by atoms with van der Waals surface area (Å²) in [5, 5.41) is 7.07. The van der Waals surface area contributed by atoms with Crippen LogP contribution in [0.15, 0.2) is 28.5 Å². The number of esters is 1. The van der Waals surface area contributed by atoms with Gasteiger partial charge in [0, 0.05) is 6.54 Å². The number of carbonyl (C=O) groups is 1. The summed E-state index contributed by atoms with van der Waals surface area (Å²) in [6.45, 7) is 4.72. The molecule has 1 atom stereocenters. The van der Waals surface area contributed by atoms with Crippen LogP contribution in [0.2, 0.25) is 0 Å². The van der Waals surface area contributed by atoms with Crippen LogP contribution in [0, 0.1) is 0 Å². The molecule has 0 fully saturated rings. The van der Waals surface area contributed by atoms with Crippen molar-refractivity contribution >= 4 is 17.3 Å². The van der Waals surface area contributed by atoms with E-state index in [1.165, 1.54) is 12.7 Å². The van der Waals surface area contributed by atoms with Gasteiger partial charge in [0.25, 0.3) is 0 Å². The summed E-state index contributed by atoms with van der Waals surface area (Å²) in [6, 6.07) is 1.56. The fourth-order valence-electron chi connectivity index (χ4n) is 1.28. The zero-order valence-corrected chi connectivity index (χ0v) is 10.6. The van der Waals surface area contributed by atoms with Crippen LogP contribution in [0.4, 0.5) is 0 Å². The van der Waals surface area contributed by atoms with Gasteiger partial charge in [0.15, 0.2) is 0 Å². The second kappa shape index (κ2) is 6.45. The lowest BCUT2D eigenvalue weighted by Crippen LogP contribution is -2.29. The molecule has 1 heterocycles. The van der Waals surface area contributed by atoms with Crippen molar-refractivity contribution in [1.82, 2.24) is 5.32 Å². The molecule has 0 aliphatic rings. The first-order valence-electron chi connectivity index (χ1n) is 5.12. The predicted octanol–water partition coefficient (Wildman–Crippen LogP) is 2.52. The van der Waals surface area contributed by atoms with Crippen LogP contribution >= 0.6 is 11.3 Å². The first-order valence-corrected chi connectivity index (χ1v) is 6.06. The van der Waals surface area contributed by atoms with Crippen molar-refractivity contribution in [3.63, 3.8) is 0 Å². The summed E-state index contributed by atoms with van der Waals surface area (Å²) >= 11 is 1.57. The van der Waals surface area contributed by atoms with Gasteiger partial charge >= 0.3 is 5.97 Å². The quantitative estimate of drug-likeness (QED) is 0.634. The molecule has 1 unspecified atom stereocenters. The maximum atomic E-state index is 11.6. The first kappa shape index (κ1) is 12.9. The molecule has 1 aromatic rings. The lowest BCUT2D eigenvalue weighted by molar-refractivity contribution is -0.143. The molecule has 0 spiro atoms. The Balaban J connectivity index is 2.66. The Labute approximate surface area is 100 Å². The van der Waals surface area contributed by atoms with E-state index in [2.05, 4.69) is 5.32 Å². The molecule has 4 heteroatoms. The van der Waals surface area contributed by atoms with Crippen LogP contribution in [0.1, 0.15) is 25.5 Å². The van der Waals surface area contributed by atoms with E-state index in [0.717, 1.165) is 5.56 Å². The van der Waals surface area contributed by atoms with Gasteiger partial charge in [-0.2, -0.15) is 11.3 Å². The number of methoxy groups -OCH3 is 1.